The van der Waals surface area contributed by atoms with Gasteiger partial charge in [-0.2, -0.15) is 0 Å². The number of guanidine groups is 1. The van der Waals surface area contributed by atoms with Crippen LogP contribution < -0.4 is 10.6 Å². The highest BCUT2D eigenvalue weighted by atomic mass is 16.4. The van der Waals surface area contributed by atoms with Gasteiger partial charge < -0.3 is 19.6 Å². The van der Waals surface area contributed by atoms with E-state index in [2.05, 4.69) is 50.9 Å². The zero-order valence-electron chi connectivity index (χ0n) is 16.0. The molecule has 2 N–H and O–H groups in total. The van der Waals surface area contributed by atoms with Crippen LogP contribution in [0.15, 0.2) is 28.0 Å². The Hall–Kier alpha value is -2.31. The molecule has 7 heteroatoms. The Bertz CT molecular complexity index is 680. The molecule has 138 valence electrons. The van der Waals surface area contributed by atoms with Crippen LogP contribution in [-0.4, -0.2) is 34.1 Å². The average molecular weight is 346 g/mol. The Morgan fingerprint density at radius 2 is 2.04 bits per heavy atom. The van der Waals surface area contributed by atoms with Crippen molar-refractivity contribution in [2.75, 3.05) is 13.6 Å². The minimum absolute atomic E-state index is 0.0290. The summed E-state index contributed by atoms with van der Waals surface area (Å²) < 4.78 is 7.94. The van der Waals surface area contributed by atoms with Gasteiger partial charge >= 0.3 is 0 Å². The summed E-state index contributed by atoms with van der Waals surface area (Å²) in [6.07, 6.45) is 7.81. The zero-order chi connectivity index (χ0) is 18.3. The van der Waals surface area contributed by atoms with Crippen molar-refractivity contribution in [3.8, 4) is 0 Å². The average Bonchev–Trinajstić information content (AvgIpc) is 3.19. The second-order valence-electron chi connectivity index (χ2n) is 7.10. The van der Waals surface area contributed by atoms with Crippen LogP contribution in [0.2, 0.25) is 0 Å². The lowest BCUT2D eigenvalue weighted by molar-refractivity contribution is 0.379. The fourth-order valence-electron chi connectivity index (χ4n) is 2.37. The van der Waals surface area contributed by atoms with Gasteiger partial charge in [-0.1, -0.05) is 20.8 Å². The van der Waals surface area contributed by atoms with Crippen molar-refractivity contribution in [3.63, 3.8) is 0 Å². The van der Waals surface area contributed by atoms with Crippen molar-refractivity contribution in [2.45, 2.75) is 59.0 Å². The van der Waals surface area contributed by atoms with Crippen molar-refractivity contribution >= 4 is 5.96 Å². The molecule has 0 radical (unpaired) electrons. The highest BCUT2D eigenvalue weighted by Gasteiger charge is 2.19. The van der Waals surface area contributed by atoms with Gasteiger partial charge in [-0.25, -0.2) is 9.97 Å². The van der Waals surface area contributed by atoms with Crippen LogP contribution in [0.25, 0.3) is 0 Å². The molecule has 0 saturated heterocycles. The van der Waals surface area contributed by atoms with E-state index >= 15 is 0 Å². The molecule has 25 heavy (non-hydrogen) atoms. The summed E-state index contributed by atoms with van der Waals surface area (Å²) >= 11 is 0. The molecule has 0 saturated carbocycles. The van der Waals surface area contributed by atoms with E-state index in [9.17, 15) is 0 Å². The lowest BCUT2D eigenvalue weighted by Gasteiger charge is -2.13. The van der Waals surface area contributed by atoms with Crippen molar-refractivity contribution in [1.82, 2.24) is 25.2 Å². The number of hydrogen-bond acceptors (Lipinski definition) is 4. The third-order valence-electron chi connectivity index (χ3n) is 3.97. The summed E-state index contributed by atoms with van der Waals surface area (Å²) in [6, 6.07) is 0. The molecule has 0 aromatic carbocycles. The number of hydrogen-bond donors (Lipinski definition) is 2. The predicted octanol–water partition coefficient (Wildman–Crippen LogP) is 2.62. The maximum Gasteiger partial charge on any atom is 0.213 e. The van der Waals surface area contributed by atoms with Crippen molar-refractivity contribution < 1.29 is 4.42 Å². The monoisotopic (exact) mass is 346 g/mol. The van der Waals surface area contributed by atoms with Crippen LogP contribution in [-0.2, 0) is 18.5 Å². The first-order valence-corrected chi connectivity index (χ1v) is 8.77. The molecule has 0 bridgehead atoms. The van der Waals surface area contributed by atoms with Gasteiger partial charge in [0.2, 0.25) is 5.89 Å². The summed E-state index contributed by atoms with van der Waals surface area (Å²) in [5.41, 5.74) is -0.0290. The zero-order valence-corrected chi connectivity index (χ0v) is 16.0. The van der Waals surface area contributed by atoms with Gasteiger partial charge in [0.1, 0.15) is 11.6 Å². The second kappa shape index (κ2) is 8.69. The second-order valence-corrected chi connectivity index (χ2v) is 7.10. The van der Waals surface area contributed by atoms with Gasteiger partial charge in [0.15, 0.2) is 5.96 Å². The fourth-order valence-corrected chi connectivity index (χ4v) is 2.37. The maximum atomic E-state index is 5.77. The standard InChI is InChI=1S/C18H30N6O/c1-14-20-9-11-24(14)10-7-6-8-21-17(19-5)23-13-16-22-12-15(25-16)18(2,3)4/h9,11-12H,6-8,10,13H2,1-5H3,(H2,19,21,23). The van der Waals surface area contributed by atoms with E-state index in [1.807, 2.05) is 19.3 Å². The van der Waals surface area contributed by atoms with Crippen LogP contribution in [0, 0.1) is 6.92 Å². The molecule has 0 atom stereocenters. The van der Waals surface area contributed by atoms with E-state index in [-0.39, 0.29) is 5.41 Å². The van der Waals surface area contributed by atoms with Crippen LogP contribution in [0.5, 0.6) is 0 Å². The van der Waals surface area contributed by atoms with Crippen LogP contribution in [0.1, 0.15) is 51.1 Å². The Morgan fingerprint density at radius 1 is 1.24 bits per heavy atom. The highest BCUT2D eigenvalue weighted by molar-refractivity contribution is 5.79. The number of nitrogens with zero attached hydrogens (tertiary/aromatic N) is 4. The van der Waals surface area contributed by atoms with E-state index in [1.54, 1.807) is 13.2 Å². The largest absolute Gasteiger partial charge is 0.443 e. The van der Waals surface area contributed by atoms with E-state index in [4.69, 9.17) is 4.42 Å². The number of oxazole rings is 1. The van der Waals surface area contributed by atoms with Crippen LogP contribution in [0.3, 0.4) is 0 Å². The summed E-state index contributed by atoms with van der Waals surface area (Å²) in [7, 11) is 1.76. The molecule has 2 aromatic heterocycles. The van der Waals surface area contributed by atoms with E-state index < -0.39 is 0 Å². The molecule has 2 rings (SSSR count). The molecule has 0 aliphatic carbocycles. The molecule has 7 nitrogen and oxygen atoms in total. The van der Waals surface area contributed by atoms with Gasteiger partial charge in [-0.15, -0.1) is 0 Å². The number of aryl methyl sites for hydroxylation is 2. The SMILES string of the molecule is CN=C(NCCCCn1ccnc1C)NCc1ncc(C(C)(C)C)o1. The van der Waals surface area contributed by atoms with Crippen LogP contribution >= 0.6 is 0 Å². The number of nitrogens with one attached hydrogen (secondary N) is 2. The molecule has 0 spiro atoms. The Labute approximate surface area is 150 Å². The van der Waals surface area contributed by atoms with Crippen molar-refractivity contribution in [3.05, 3.63) is 36.1 Å². The number of imidazole rings is 1. The fraction of sp³-hybridized carbons (Fsp3) is 0.611. The predicted molar refractivity (Wildman–Crippen MR) is 99.6 cm³/mol. The van der Waals surface area contributed by atoms with Crippen molar-refractivity contribution in [1.29, 1.82) is 0 Å². The lowest BCUT2D eigenvalue weighted by atomic mass is 9.94. The first kappa shape index (κ1) is 19.0. The number of aromatic nitrogens is 3. The third-order valence-corrected chi connectivity index (χ3v) is 3.97. The Kier molecular flexibility index (Phi) is 6.61. The van der Waals surface area contributed by atoms with Gasteiger partial charge in [-0.05, 0) is 19.8 Å². The van der Waals surface area contributed by atoms with E-state index in [0.717, 1.165) is 43.5 Å². The highest BCUT2D eigenvalue weighted by Crippen LogP contribution is 2.22. The molecule has 0 fully saturated rings. The van der Waals surface area contributed by atoms with E-state index in [0.29, 0.717) is 12.4 Å². The molecule has 0 aliphatic rings. The summed E-state index contributed by atoms with van der Waals surface area (Å²) in [4.78, 5) is 12.8. The minimum atomic E-state index is -0.0290. The first-order chi connectivity index (χ1) is 11.9. The molecule has 0 unspecified atom stereocenters. The third kappa shape index (κ3) is 5.92. The first-order valence-electron chi connectivity index (χ1n) is 8.77. The summed E-state index contributed by atoms with van der Waals surface area (Å²) in [5, 5.41) is 6.55. The molecule has 2 heterocycles. The van der Waals surface area contributed by atoms with Gasteiger partial charge in [0.05, 0.1) is 12.7 Å². The normalized spacial score (nSPS) is 12.4. The topological polar surface area (TPSA) is 80.3 Å². The molecular weight excluding hydrogens is 316 g/mol. The molecular formula is C18H30N6O. The van der Waals surface area contributed by atoms with Crippen molar-refractivity contribution in [2.24, 2.45) is 4.99 Å². The molecule has 2 aromatic rings. The van der Waals surface area contributed by atoms with E-state index in [1.165, 1.54) is 0 Å². The summed E-state index contributed by atoms with van der Waals surface area (Å²) in [5.74, 6) is 3.38. The maximum absolute atomic E-state index is 5.77. The van der Waals surface area contributed by atoms with Gasteiger partial charge in [0.25, 0.3) is 0 Å². The quantitative estimate of drug-likeness (QED) is 0.458. The minimum Gasteiger partial charge on any atom is -0.443 e. The number of unbranched alkanes of at least 4 members (excludes halogenated alkanes) is 1. The number of aliphatic imine (C=N–C) groups is 1. The lowest BCUT2D eigenvalue weighted by Crippen LogP contribution is -2.37. The molecule has 0 amide bonds. The summed E-state index contributed by atoms with van der Waals surface area (Å²) in [6.45, 7) is 10.7. The Balaban J connectivity index is 1.67. The smallest absolute Gasteiger partial charge is 0.213 e. The van der Waals surface area contributed by atoms with Gasteiger partial charge in [0, 0.05) is 37.9 Å². The number of rotatable bonds is 7. The van der Waals surface area contributed by atoms with Gasteiger partial charge in [-0.3, -0.25) is 4.99 Å². The Morgan fingerprint density at radius 3 is 2.64 bits per heavy atom. The molecule has 0 aliphatic heterocycles. The van der Waals surface area contributed by atoms with Crippen LogP contribution in [0.4, 0.5) is 0 Å².